The van der Waals surface area contributed by atoms with Crippen LogP contribution in [-0.4, -0.2) is 31.4 Å². The number of rotatable bonds is 4. The number of anilines is 1. The first-order valence-corrected chi connectivity index (χ1v) is 9.64. The van der Waals surface area contributed by atoms with Crippen LogP contribution < -0.4 is 16.0 Å². The number of benzene rings is 1. The van der Waals surface area contributed by atoms with Crippen molar-refractivity contribution in [1.82, 2.24) is 5.32 Å². The van der Waals surface area contributed by atoms with Gasteiger partial charge in [0.25, 0.3) is 0 Å². The summed E-state index contributed by atoms with van der Waals surface area (Å²) in [6, 6.07) is 3.57. The van der Waals surface area contributed by atoms with Gasteiger partial charge in [-0.3, -0.25) is 0 Å². The third-order valence-electron chi connectivity index (χ3n) is 3.94. The molecule has 0 amide bonds. The lowest BCUT2D eigenvalue weighted by Crippen LogP contribution is -2.44. The zero-order chi connectivity index (χ0) is 19.9. The lowest BCUT2D eigenvalue weighted by atomic mass is 9.94. The van der Waals surface area contributed by atoms with Crippen LogP contribution in [0, 0.1) is 5.92 Å². The van der Waals surface area contributed by atoms with Crippen LogP contribution in [0.15, 0.2) is 18.2 Å². The van der Waals surface area contributed by atoms with Gasteiger partial charge in [0.15, 0.2) is 0 Å². The average Bonchev–Trinajstić information content (AvgIpc) is 2.53. The Kier molecular flexibility index (Phi) is 9.27. The van der Waals surface area contributed by atoms with Crippen molar-refractivity contribution in [3.8, 4) is 0 Å². The van der Waals surface area contributed by atoms with Crippen LogP contribution in [-0.2, 0) is 6.18 Å². The molecule has 1 aromatic carbocycles. The molecule has 1 atom stereocenters. The van der Waals surface area contributed by atoms with Crippen molar-refractivity contribution in [2.24, 2.45) is 11.7 Å². The second-order valence-electron chi connectivity index (χ2n) is 7.34. The van der Waals surface area contributed by atoms with Crippen molar-refractivity contribution < 1.29 is 13.2 Å². The maximum Gasteiger partial charge on any atom is 0.416 e. The van der Waals surface area contributed by atoms with Gasteiger partial charge < -0.3 is 16.0 Å². The lowest BCUT2D eigenvalue weighted by molar-refractivity contribution is -0.137. The second-order valence-corrected chi connectivity index (χ2v) is 8.37. The molecule has 1 heterocycles. The van der Waals surface area contributed by atoms with E-state index in [4.69, 9.17) is 5.73 Å². The van der Waals surface area contributed by atoms with Gasteiger partial charge in [-0.15, -0.1) is 0 Å². The number of alkyl halides is 3. The zero-order valence-electron chi connectivity index (χ0n) is 16.1. The fraction of sp³-hybridized carbons (Fsp3) is 0.684. The van der Waals surface area contributed by atoms with Gasteiger partial charge in [0.2, 0.25) is 0 Å². The van der Waals surface area contributed by atoms with Gasteiger partial charge in [-0.1, -0.05) is 27.7 Å². The molecule has 1 unspecified atom stereocenters. The Morgan fingerprint density at radius 3 is 2.15 bits per heavy atom. The molecule has 0 radical (unpaired) electrons. The maximum absolute atomic E-state index is 13.0. The summed E-state index contributed by atoms with van der Waals surface area (Å²) in [6.45, 7) is 11.3. The molecule has 0 aromatic heterocycles. The number of nitrogens with one attached hydrogen (secondary N) is 1. The molecule has 1 fully saturated rings. The Balaban J connectivity index is 0.000000765. The number of piperazine rings is 1. The van der Waals surface area contributed by atoms with Gasteiger partial charge in [0.05, 0.1) is 5.56 Å². The Hall–Kier alpha value is -0.920. The average molecular weight is 392 g/mol. The highest BCUT2D eigenvalue weighted by molar-refractivity contribution is 7.80. The highest BCUT2D eigenvalue weighted by Gasteiger charge is 2.32. The van der Waals surface area contributed by atoms with Gasteiger partial charge in [0.1, 0.15) is 0 Å². The number of thiol groups is 1. The number of nitrogens with two attached hydrogens (primary N) is 1. The minimum Gasteiger partial charge on any atom is -0.369 e. The molecular formula is C19H32F3N3S. The highest BCUT2D eigenvalue weighted by atomic mass is 32.1. The third kappa shape index (κ3) is 7.76. The zero-order valence-corrected chi connectivity index (χ0v) is 17.0. The molecule has 7 heteroatoms. The maximum atomic E-state index is 13.0. The molecule has 0 spiro atoms. The first-order chi connectivity index (χ1) is 12.0. The summed E-state index contributed by atoms with van der Waals surface area (Å²) >= 11 is 3.97. The van der Waals surface area contributed by atoms with Gasteiger partial charge in [-0.25, -0.2) is 0 Å². The number of halogens is 3. The molecule has 150 valence electrons. The number of hydrogen-bond donors (Lipinski definition) is 3. The molecule has 26 heavy (non-hydrogen) atoms. The second kappa shape index (κ2) is 10.4. The Labute approximate surface area is 160 Å². The van der Waals surface area contributed by atoms with Crippen LogP contribution >= 0.6 is 12.6 Å². The molecule has 3 N–H and O–H groups in total. The SMILES string of the molecule is CC(C)CC(N)c1cc(C(F)(F)F)ccc1N1CCNCC1.CC(C)S. The highest BCUT2D eigenvalue weighted by Crippen LogP contribution is 2.36. The predicted molar refractivity (Wildman–Crippen MR) is 107 cm³/mol. The van der Waals surface area contributed by atoms with E-state index in [0.717, 1.165) is 37.9 Å². The van der Waals surface area contributed by atoms with Crippen molar-refractivity contribution in [3.05, 3.63) is 29.3 Å². The van der Waals surface area contributed by atoms with E-state index in [1.807, 2.05) is 27.7 Å². The van der Waals surface area contributed by atoms with Crippen molar-refractivity contribution >= 4 is 18.3 Å². The molecule has 0 aliphatic carbocycles. The minimum atomic E-state index is -4.34. The van der Waals surface area contributed by atoms with E-state index in [0.29, 0.717) is 23.2 Å². The molecule has 1 aliphatic heterocycles. The quantitative estimate of drug-likeness (QED) is 0.663. The Bertz CT molecular complexity index is 539. The summed E-state index contributed by atoms with van der Waals surface area (Å²) in [6.07, 6.45) is -3.67. The molecule has 3 nitrogen and oxygen atoms in total. The summed E-state index contributed by atoms with van der Waals surface area (Å²) in [5.74, 6) is 0.334. The normalized spacial score (nSPS) is 16.5. The van der Waals surface area contributed by atoms with Crippen LogP contribution in [0.5, 0.6) is 0 Å². The Morgan fingerprint density at radius 1 is 1.15 bits per heavy atom. The monoisotopic (exact) mass is 391 g/mol. The number of nitrogens with zero attached hydrogens (tertiary/aromatic N) is 1. The predicted octanol–water partition coefficient (Wildman–Crippen LogP) is 4.49. The lowest BCUT2D eigenvalue weighted by Gasteiger charge is -2.33. The molecule has 1 saturated heterocycles. The summed E-state index contributed by atoms with van der Waals surface area (Å²) in [7, 11) is 0. The van der Waals surface area contributed by atoms with Gasteiger partial charge >= 0.3 is 6.18 Å². The topological polar surface area (TPSA) is 41.3 Å². The molecule has 2 rings (SSSR count). The van der Waals surface area contributed by atoms with E-state index in [-0.39, 0.29) is 6.04 Å². The van der Waals surface area contributed by atoms with Crippen LogP contribution in [0.1, 0.15) is 51.3 Å². The van der Waals surface area contributed by atoms with Crippen molar-refractivity contribution in [1.29, 1.82) is 0 Å². The van der Waals surface area contributed by atoms with E-state index >= 15 is 0 Å². The van der Waals surface area contributed by atoms with Gasteiger partial charge in [-0.05, 0) is 41.4 Å². The van der Waals surface area contributed by atoms with E-state index in [1.165, 1.54) is 6.07 Å². The summed E-state index contributed by atoms with van der Waals surface area (Å²) in [5.41, 5.74) is 7.02. The Morgan fingerprint density at radius 2 is 1.69 bits per heavy atom. The minimum absolute atomic E-state index is 0.334. The third-order valence-corrected chi connectivity index (χ3v) is 3.94. The van der Waals surface area contributed by atoms with E-state index in [2.05, 4.69) is 22.8 Å². The van der Waals surface area contributed by atoms with E-state index in [1.54, 1.807) is 6.07 Å². The van der Waals surface area contributed by atoms with Crippen molar-refractivity contribution in [3.63, 3.8) is 0 Å². The molecule has 1 aliphatic rings. The first-order valence-electron chi connectivity index (χ1n) is 9.12. The summed E-state index contributed by atoms with van der Waals surface area (Å²) in [4.78, 5) is 2.12. The fourth-order valence-electron chi connectivity index (χ4n) is 2.86. The van der Waals surface area contributed by atoms with Crippen LogP contribution in [0.4, 0.5) is 18.9 Å². The largest absolute Gasteiger partial charge is 0.416 e. The van der Waals surface area contributed by atoms with Gasteiger partial charge in [0, 0.05) is 37.9 Å². The van der Waals surface area contributed by atoms with E-state index < -0.39 is 11.7 Å². The van der Waals surface area contributed by atoms with Crippen LogP contribution in [0.2, 0.25) is 0 Å². The van der Waals surface area contributed by atoms with Crippen LogP contribution in [0.3, 0.4) is 0 Å². The fourth-order valence-corrected chi connectivity index (χ4v) is 2.86. The smallest absolute Gasteiger partial charge is 0.369 e. The summed E-state index contributed by atoms with van der Waals surface area (Å²) < 4.78 is 39.0. The molecule has 1 aromatic rings. The molecule has 0 bridgehead atoms. The van der Waals surface area contributed by atoms with Crippen molar-refractivity contribution in [2.45, 2.75) is 51.6 Å². The van der Waals surface area contributed by atoms with Crippen LogP contribution in [0.25, 0.3) is 0 Å². The first kappa shape index (κ1) is 23.1. The summed E-state index contributed by atoms with van der Waals surface area (Å²) in [5, 5.41) is 3.78. The molecule has 0 saturated carbocycles. The van der Waals surface area contributed by atoms with Crippen molar-refractivity contribution in [2.75, 3.05) is 31.1 Å². The van der Waals surface area contributed by atoms with E-state index in [9.17, 15) is 13.2 Å². The standard InChI is InChI=1S/C16H24F3N3.C3H8S/c1-11(2)9-14(20)13-10-12(16(17,18)19)3-4-15(13)22-7-5-21-6-8-22;1-3(2)4/h3-4,10-11,14,21H,5-9,20H2,1-2H3;3-4H,1-2H3. The van der Waals surface area contributed by atoms with Gasteiger partial charge in [-0.2, -0.15) is 25.8 Å². The number of hydrogen-bond acceptors (Lipinski definition) is 4. The molecular weight excluding hydrogens is 359 g/mol.